The highest BCUT2D eigenvalue weighted by molar-refractivity contribution is 5.79. The van der Waals surface area contributed by atoms with Gasteiger partial charge in [0.05, 0.1) is 0 Å². The van der Waals surface area contributed by atoms with Crippen molar-refractivity contribution in [1.82, 2.24) is 4.90 Å². The zero-order chi connectivity index (χ0) is 13.0. The van der Waals surface area contributed by atoms with Gasteiger partial charge in [-0.2, -0.15) is 0 Å². The van der Waals surface area contributed by atoms with Gasteiger partial charge in [0, 0.05) is 30.0 Å². The first-order chi connectivity index (χ1) is 8.65. The summed E-state index contributed by atoms with van der Waals surface area (Å²) < 4.78 is 0. The average molecular weight is 250 g/mol. The summed E-state index contributed by atoms with van der Waals surface area (Å²) in [5.41, 5.74) is 8.40. The van der Waals surface area contributed by atoms with Gasteiger partial charge >= 0.3 is 0 Å². The summed E-state index contributed by atoms with van der Waals surface area (Å²) in [6.07, 6.45) is 7.82. The Kier molecular flexibility index (Phi) is 4.12. The van der Waals surface area contributed by atoms with Crippen molar-refractivity contribution in [3.8, 4) is 0 Å². The van der Waals surface area contributed by atoms with E-state index in [-0.39, 0.29) is 17.4 Å². The monoisotopic (exact) mass is 250 g/mol. The number of rotatable bonds is 3. The van der Waals surface area contributed by atoms with Crippen LogP contribution in [0.25, 0.3) is 10.4 Å². The van der Waals surface area contributed by atoms with Crippen molar-refractivity contribution in [2.45, 2.75) is 57.4 Å². The maximum atomic E-state index is 12.2. The lowest BCUT2D eigenvalue weighted by Crippen LogP contribution is -2.47. The van der Waals surface area contributed by atoms with Gasteiger partial charge in [0.15, 0.2) is 0 Å². The van der Waals surface area contributed by atoms with Crippen molar-refractivity contribution in [2.75, 3.05) is 13.1 Å². The van der Waals surface area contributed by atoms with Gasteiger partial charge in [-0.05, 0) is 31.2 Å². The summed E-state index contributed by atoms with van der Waals surface area (Å²) in [6, 6.07) is 0. The Bertz CT molecular complexity index is 354. The fourth-order valence-corrected chi connectivity index (χ4v) is 3.34. The molecule has 0 bridgehead atoms. The predicted octanol–water partition coefficient (Wildman–Crippen LogP) is 3.26. The molecule has 0 N–H and O–H groups in total. The van der Waals surface area contributed by atoms with Crippen LogP contribution in [0.3, 0.4) is 0 Å². The first-order valence-corrected chi connectivity index (χ1v) is 6.97. The number of hydrogen-bond donors (Lipinski definition) is 0. The Morgan fingerprint density at radius 3 is 2.67 bits per heavy atom. The highest BCUT2D eigenvalue weighted by atomic mass is 16.2. The van der Waals surface area contributed by atoms with E-state index in [1.54, 1.807) is 0 Å². The third-order valence-electron chi connectivity index (χ3n) is 4.44. The molecule has 0 spiro atoms. The van der Waals surface area contributed by atoms with Crippen molar-refractivity contribution in [2.24, 2.45) is 11.0 Å². The molecule has 5 heteroatoms. The summed E-state index contributed by atoms with van der Waals surface area (Å²) in [5.74, 6) is 0.464. The molecule has 1 saturated carbocycles. The predicted molar refractivity (Wildman–Crippen MR) is 69.9 cm³/mol. The topological polar surface area (TPSA) is 69.1 Å². The third-order valence-corrected chi connectivity index (χ3v) is 4.44. The van der Waals surface area contributed by atoms with Crippen LogP contribution >= 0.6 is 0 Å². The van der Waals surface area contributed by atoms with Crippen LogP contribution < -0.4 is 0 Å². The molecule has 1 unspecified atom stereocenters. The molecule has 0 aromatic carbocycles. The van der Waals surface area contributed by atoms with Crippen LogP contribution in [0.2, 0.25) is 0 Å². The van der Waals surface area contributed by atoms with E-state index in [9.17, 15) is 4.79 Å². The Balaban J connectivity index is 2.03. The summed E-state index contributed by atoms with van der Waals surface area (Å²) in [5, 5.41) is 3.61. The molecule has 100 valence electrons. The minimum absolute atomic E-state index is 0.0404. The molecule has 2 fully saturated rings. The molecule has 0 aromatic heterocycles. The highest BCUT2D eigenvalue weighted by Crippen LogP contribution is 2.36. The molecule has 5 nitrogen and oxygen atoms in total. The van der Waals surface area contributed by atoms with Gasteiger partial charge in [0.1, 0.15) is 0 Å². The molecule has 0 aromatic rings. The Labute approximate surface area is 108 Å². The second kappa shape index (κ2) is 5.61. The second-order valence-electron chi connectivity index (χ2n) is 5.90. The first-order valence-electron chi connectivity index (χ1n) is 6.97. The minimum atomic E-state index is 0.0404. The van der Waals surface area contributed by atoms with Crippen LogP contribution in [0.4, 0.5) is 0 Å². The molecular formula is C13H22N4O. The van der Waals surface area contributed by atoms with Crippen LogP contribution in [-0.2, 0) is 4.79 Å². The maximum Gasteiger partial charge on any atom is 0.223 e. The van der Waals surface area contributed by atoms with Gasteiger partial charge in [0.2, 0.25) is 5.91 Å². The van der Waals surface area contributed by atoms with Gasteiger partial charge in [0.25, 0.3) is 0 Å². The standard InChI is InChI=1S/C13H22N4O/c1-13(6-4-2-3-5-7-13)17-10-11(8-12(17)18)9-15-16-14/h11H,2-10H2,1H3. The van der Waals surface area contributed by atoms with Crippen LogP contribution in [-0.4, -0.2) is 29.4 Å². The molecule has 0 radical (unpaired) electrons. The van der Waals surface area contributed by atoms with Crippen LogP contribution in [0.15, 0.2) is 5.11 Å². The van der Waals surface area contributed by atoms with E-state index in [0.29, 0.717) is 13.0 Å². The summed E-state index contributed by atoms with van der Waals surface area (Å²) in [6.45, 7) is 3.45. The van der Waals surface area contributed by atoms with Gasteiger partial charge < -0.3 is 4.90 Å². The minimum Gasteiger partial charge on any atom is -0.337 e. The molecule has 1 saturated heterocycles. The van der Waals surface area contributed by atoms with Gasteiger partial charge in [-0.3, -0.25) is 4.79 Å². The summed E-state index contributed by atoms with van der Waals surface area (Å²) in [4.78, 5) is 17.0. The average Bonchev–Trinajstić information content (AvgIpc) is 2.58. The highest BCUT2D eigenvalue weighted by Gasteiger charge is 2.40. The van der Waals surface area contributed by atoms with E-state index in [4.69, 9.17) is 5.53 Å². The maximum absolute atomic E-state index is 12.2. The molecule has 1 aliphatic carbocycles. The van der Waals surface area contributed by atoms with E-state index in [1.165, 1.54) is 25.7 Å². The smallest absolute Gasteiger partial charge is 0.223 e. The zero-order valence-corrected chi connectivity index (χ0v) is 11.1. The number of hydrogen-bond acceptors (Lipinski definition) is 2. The largest absolute Gasteiger partial charge is 0.337 e. The molecule has 1 heterocycles. The lowest BCUT2D eigenvalue weighted by atomic mass is 9.90. The number of amides is 1. The molecule has 2 aliphatic rings. The van der Waals surface area contributed by atoms with Gasteiger partial charge in [-0.15, -0.1) is 0 Å². The van der Waals surface area contributed by atoms with Crippen LogP contribution in [0.1, 0.15) is 51.9 Å². The number of nitrogens with zero attached hydrogens (tertiary/aromatic N) is 4. The zero-order valence-electron chi connectivity index (χ0n) is 11.1. The van der Waals surface area contributed by atoms with Gasteiger partial charge in [-0.25, -0.2) is 0 Å². The first kappa shape index (κ1) is 13.2. The third kappa shape index (κ3) is 2.78. The Morgan fingerprint density at radius 1 is 1.39 bits per heavy atom. The van der Waals surface area contributed by atoms with E-state index in [2.05, 4.69) is 21.8 Å². The number of carbonyl (C=O) groups excluding carboxylic acids is 1. The summed E-state index contributed by atoms with van der Waals surface area (Å²) >= 11 is 0. The SMILES string of the molecule is CC1(N2CC(CN=[N+]=[N-])CC2=O)CCCCCC1. The second-order valence-corrected chi connectivity index (χ2v) is 5.90. The molecule has 1 amide bonds. The van der Waals surface area contributed by atoms with Crippen molar-refractivity contribution in [1.29, 1.82) is 0 Å². The van der Waals surface area contributed by atoms with E-state index < -0.39 is 0 Å². The van der Waals surface area contributed by atoms with Gasteiger partial charge in [-0.1, -0.05) is 30.8 Å². The number of likely N-dealkylation sites (tertiary alicyclic amines) is 1. The Morgan fingerprint density at radius 2 is 2.06 bits per heavy atom. The molecule has 18 heavy (non-hydrogen) atoms. The lowest BCUT2D eigenvalue weighted by molar-refractivity contribution is -0.133. The van der Waals surface area contributed by atoms with Crippen LogP contribution in [0, 0.1) is 5.92 Å². The van der Waals surface area contributed by atoms with E-state index in [0.717, 1.165) is 19.4 Å². The van der Waals surface area contributed by atoms with Crippen molar-refractivity contribution >= 4 is 5.91 Å². The van der Waals surface area contributed by atoms with E-state index in [1.807, 2.05) is 0 Å². The molecule has 1 aliphatic heterocycles. The molecule has 1 atom stereocenters. The van der Waals surface area contributed by atoms with Crippen molar-refractivity contribution < 1.29 is 4.79 Å². The number of azide groups is 1. The molecular weight excluding hydrogens is 228 g/mol. The number of carbonyl (C=O) groups is 1. The molecule has 2 rings (SSSR count). The Hall–Kier alpha value is -1.22. The van der Waals surface area contributed by atoms with Crippen molar-refractivity contribution in [3.63, 3.8) is 0 Å². The lowest BCUT2D eigenvalue weighted by Gasteiger charge is -2.38. The fourth-order valence-electron chi connectivity index (χ4n) is 3.34. The normalized spacial score (nSPS) is 27.7. The quantitative estimate of drug-likeness (QED) is 0.328. The van der Waals surface area contributed by atoms with E-state index >= 15 is 0 Å². The van der Waals surface area contributed by atoms with Crippen molar-refractivity contribution in [3.05, 3.63) is 10.4 Å². The van der Waals surface area contributed by atoms with Crippen LogP contribution in [0.5, 0.6) is 0 Å². The summed E-state index contributed by atoms with van der Waals surface area (Å²) in [7, 11) is 0. The fraction of sp³-hybridized carbons (Fsp3) is 0.923.